The van der Waals surface area contributed by atoms with Crippen LogP contribution in [0.25, 0.3) is 0 Å². The molecule has 102 valence electrons. The minimum atomic E-state index is -0.833. The number of anilines is 1. The third-order valence-electron chi connectivity index (χ3n) is 3.80. The number of methoxy groups -OCH3 is 1. The van der Waals surface area contributed by atoms with Gasteiger partial charge in [0.15, 0.2) is 5.82 Å². The first-order chi connectivity index (χ1) is 9.19. The van der Waals surface area contributed by atoms with Crippen LogP contribution in [-0.4, -0.2) is 58.9 Å². The van der Waals surface area contributed by atoms with Gasteiger partial charge in [0.1, 0.15) is 0 Å². The number of aromatic nitrogens is 2. The van der Waals surface area contributed by atoms with Crippen molar-refractivity contribution in [2.24, 2.45) is 5.92 Å². The zero-order valence-corrected chi connectivity index (χ0v) is 10.7. The molecule has 1 N–H and O–H groups in total. The van der Waals surface area contributed by atoms with Gasteiger partial charge in [0.25, 0.3) is 5.88 Å². The minimum absolute atomic E-state index is 0.0444. The average Bonchev–Trinajstić information content (AvgIpc) is 2.73. The van der Waals surface area contributed by atoms with Gasteiger partial charge >= 0.3 is 6.09 Å². The Morgan fingerprint density at radius 1 is 1.37 bits per heavy atom. The second-order valence-electron chi connectivity index (χ2n) is 4.98. The molecule has 2 fully saturated rings. The van der Waals surface area contributed by atoms with Crippen molar-refractivity contribution in [2.75, 3.05) is 31.6 Å². The third kappa shape index (κ3) is 2.05. The lowest BCUT2D eigenvalue weighted by Crippen LogP contribution is -2.44. The number of hydrogen-bond acceptors (Lipinski definition) is 5. The summed E-state index contributed by atoms with van der Waals surface area (Å²) < 4.78 is 5.22. The number of piperidine rings is 1. The van der Waals surface area contributed by atoms with E-state index in [9.17, 15) is 9.90 Å². The van der Waals surface area contributed by atoms with Crippen molar-refractivity contribution in [3.05, 3.63) is 12.4 Å². The first-order valence-electron chi connectivity index (χ1n) is 6.28. The fraction of sp³-hybridized carbons (Fsp3) is 0.583. The van der Waals surface area contributed by atoms with E-state index >= 15 is 0 Å². The number of amides is 1. The van der Waals surface area contributed by atoms with Crippen LogP contribution < -0.4 is 9.64 Å². The maximum Gasteiger partial charge on any atom is 0.407 e. The summed E-state index contributed by atoms with van der Waals surface area (Å²) in [6.45, 7) is 2.06. The van der Waals surface area contributed by atoms with Crippen LogP contribution >= 0.6 is 0 Å². The number of fused-ring (bicyclic) bond motifs is 2. The first-order valence-corrected chi connectivity index (χ1v) is 6.28. The molecule has 0 radical (unpaired) electrons. The highest BCUT2D eigenvalue weighted by Crippen LogP contribution is 2.34. The summed E-state index contributed by atoms with van der Waals surface area (Å²) in [7, 11) is 1.57. The fourth-order valence-corrected chi connectivity index (χ4v) is 3.05. The monoisotopic (exact) mass is 264 g/mol. The number of ether oxygens (including phenoxy) is 1. The molecule has 2 aliphatic rings. The van der Waals surface area contributed by atoms with E-state index in [0.717, 1.165) is 13.0 Å². The van der Waals surface area contributed by atoms with E-state index < -0.39 is 6.09 Å². The van der Waals surface area contributed by atoms with Gasteiger partial charge in [-0.1, -0.05) is 0 Å². The van der Waals surface area contributed by atoms with Crippen LogP contribution in [0.5, 0.6) is 5.88 Å². The lowest BCUT2D eigenvalue weighted by Gasteiger charge is -2.33. The number of carbonyl (C=O) groups is 1. The Hall–Kier alpha value is -2.05. The fourth-order valence-electron chi connectivity index (χ4n) is 3.05. The van der Waals surface area contributed by atoms with Crippen molar-refractivity contribution in [3.63, 3.8) is 0 Å². The zero-order valence-electron chi connectivity index (χ0n) is 10.7. The van der Waals surface area contributed by atoms with Crippen LogP contribution in [0.1, 0.15) is 6.42 Å². The Labute approximate surface area is 110 Å². The summed E-state index contributed by atoms with van der Waals surface area (Å²) in [5.74, 6) is 1.55. The van der Waals surface area contributed by atoms with Gasteiger partial charge in [0.2, 0.25) is 0 Å². The molecule has 2 aliphatic heterocycles. The van der Waals surface area contributed by atoms with Gasteiger partial charge in [-0.15, -0.1) is 0 Å². The Kier molecular flexibility index (Phi) is 2.88. The molecule has 2 atom stereocenters. The molecule has 1 aromatic heterocycles. The molecule has 19 heavy (non-hydrogen) atoms. The van der Waals surface area contributed by atoms with Crippen LogP contribution in [0.2, 0.25) is 0 Å². The van der Waals surface area contributed by atoms with Crippen LogP contribution in [0, 0.1) is 5.92 Å². The van der Waals surface area contributed by atoms with Gasteiger partial charge < -0.3 is 19.6 Å². The highest BCUT2D eigenvalue weighted by atomic mass is 16.5. The summed E-state index contributed by atoms with van der Waals surface area (Å²) in [5, 5.41) is 9.17. The summed E-state index contributed by atoms with van der Waals surface area (Å²) in [6, 6.07) is 0.0444. The SMILES string of the molecule is COc1nccnc1N1CC2CC(C1)N(C(=O)O)C2. The average molecular weight is 264 g/mol. The lowest BCUT2D eigenvalue weighted by molar-refractivity contribution is 0.142. The van der Waals surface area contributed by atoms with Crippen LogP contribution in [0.15, 0.2) is 12.4 Å². The smallest absolute Gasteiger partial charge is 0.407 e. The van der Waals surface area contributed by atoms with Crippen molar-refractivity contribution < 1.29 is 14.6 Å². The van der Waals surface area contributed by atoms with Gasteiger partial charge in [-0.05, 0) is 12.3 Å². The maximum atomic E-state index is 11.2. The van der Waals surface area contributed by atoms with Crippen LogP contribution in [0.3, 0.4) is 0 Å². The molecule has 0 spiro atoms. The molecule has 3 rings (SSSR count). The lowest BCUT2D eigenvalue weighted by atomic mass is 10.00. The quantitative estimate of drug-likeness (QED) is 0.846. The highest BCUT2D eigenvalue weighted by Gasteiger charge is 2.41. The van der Waals surface area contributed by atoms with Gasteiger partial charge in [0, 0.05) is 32.0 Å². The van der Waals surface area contributed by atoms with E-state index in [0.29, 0.717) is 30.7 Å². The number of rotatable bonds is 2. The van der Waals surface area contributed by atoms with Crippen molar-refractivity contribution in [1.82, 2.24) is 14.9 Å². The Morgan fingerprint density at radius 2 is 2.16 bits per heavy atom. The molecule has 2 bridgehead atoms. The molecule has 0 saturated carbocycles. The van der Waals surface area contributed by atoms with Gasteiger partial charge in [-0.25, -0.2) is 14.8 Å². The minimum Gasteiger partial charge on any atom is -0.478 e. The third-order valence-corrected chi connectivity index (χ3v) is 3.80. The Bertz CT molecular complexity index is 496. The van der Waals surface area contributed by atoms with Gasteiger partial charge in [-0.2, -0.15) is 0 Å². The predicted octanol–water partition coefficient (Wildman–Crippen LogP) is 0.674. The molecular weight excluding hydrogens is 248 g/mol. The van der Waals surface area contributed by atoms with E-state index in [-0.39, 0.29) is 6.04 Å². The molecule has 7 heteroatoms. The molecule has 1 amide bonds. The van der Waals surface area contributed by atoms with Crippen molar-refractivity contribution in [3.8, 4) is 5.88 Å². The van der Waals surface area contributed by atoms with E-state index in [4.69, 9.17) is 4.74 Å². The topological polar surface area (TPSA) is 78.8 Å². The summed E-state index contributed by atoms with van der Waals surface area (Å²) in [6.07, 6.45) is 3.32. The number of carboxylic acid groups (broad SMARTS) is 1. The van der Waals surface area contributed by atoms with Crippen molar-refractivity contribution in [1.29, 1.82) is 0 Å². The molecule has 2 saturated heterocycles. The second kappa shape index (κ2) is 4.56. The molecule has 7 nitrogen and oxygen atoms in total. The Morgan fingerprint density at radius 3 is 2.89 bits per heavy atom. The van der Waals surface area contributed by atoms with E-state index in [1.54, 1.807) is 19.5 Å². The number of nitrogens with zero attached hydrogens (tertiary/aromatic N) is 4. The van der Waals surface area contributed by atoms with Crippen molar-refractivity contribution >= 4 is 11.9 Å². The predicted molar refractivity (Wildman–Crippen MR) is 67.4 cm³/mol. The second-order valence-corrected chi connectivity index (χ2v) is 4.98. The highest BCUT2D eigenvalue weighted by molar-refractivity contribution is 5.66. The van der Waals surface area contributed by atoms with Gasteiger partial charge in [0.05, 0.1) is 13.2 Å². The van der Waals surface area contributed by atoms with Crippen LogP contribution in [0.4, 0.5) is 10.6 Å². The molecular formula is C12H16N4O3. The number of hydrogen-bond donors (Lipinski definition) is 1. The van der Waals surface area contributed by atoms with E-state index in [1.807, 2.05) is 0 Å². The molecule has 0 aromatic carbocycles. The van der Waals surface area contributed by atoms with E-state index in [1.165, 1.54) is 4.90 Å². The molecule has 1 aromatic rings. The summed E-state index contributed by atoms with van der Waals surface area (Å²) >= 11 is 0. The van der Waals surface area contributed by atoms with Crippen LogP contribution in [-0.2, 0) is 0 Å². The van der Waals surface area contributed by atoms with Crippen molar-refractivity contribution in [2.45, 2.75) is 12.5 Å². The summed E-state index contributed by atoms with van der Waals surface area (Å²) in [5.41, 5.74) is 0. The molecule has 2 unspecified atom stereocenters. The largest absolute Gasteiger partial charge is 0.478 e. The zero-order chi connectivity index (χ0) is 13.4. The number of likely N-dealkylation sites (tertiary alicyclic amines) is 1. The first kappa shape index (κ1) is 12.0. The normalized spacial score (nSPS) is 25.5. The molecule has 0 aliphatic carbocycles. The van der Waals surface area contributed by atoms with E-state index in [2.05, 4.69) is 14.9 Å². The maximum absolute atomic E-state index is 11.2. The standard InChI is InChI=1S/C12H16N4O3/c1-19-11-10(13-2-3-14-11)15-5-8-4-9(7-15)16(6-8)12(17)18/h2-3,8-9H,4-7H2,1H3,(H,17,18). The van der Waals surface area contributed by atoms with Gasteiger partial charge in [-0.3, -0.25) is 0 Å². The molecule has 3 heterocycles. The Balaban J connectivity index is 1.83. The summed E-state index contributed by atoms with van der Waals surface area (Å²) in [4.78, 5) is 23.2.